The van der Waals surface area contributed by atoms with Gasteiger partial charge in [-0.2, -0.15) is 4.98 Å². The lowest BCUT2D eigenvalue weighted by molar-refractivity contribution is 0.285. The predicted octanol–water partition coefficient (Wildman–Crippen LogP) is 4.84. The predicted molar refractivity (Wildman–Crippen MR) is 148 cm³/mol. The molecule has 198 valence electrons. The number of halogens is 1. The van der Waals surface area contributed by atoms with Crippen molar-refractivity contribution in [3.8, 4) is 0 Å². The second-order valence-corrected chi connectivity index (χ2v) is 12.8. The van der Waals surface area contributed by atoms with Crippen LogP contribution in [0.4, 0.5) is 27.7 Å². The Balaban J connectivity index is 1.42. The molecule has 2 fully saturated rings. The maximum atomic E-state index is 13.9. The van der Waals surface area contributed by atoms with Crippen LogP contribution < -0.4 is 15.1 Å². The average molecular weight is 527 g/mol. The summed E-state index contributed by atoms with van der Waals surface area (Å²) >= 11 is 0. The summed E-state index contributed by atoms with van der Waals surface area (Å²) in [5.74, 6) is 2.13. The van der Waals surface area contributed by atoms with Gasteiger partial charge in [-0.3, -0.25) is 0 Å². The van der Waals surface area contributed by atoms with Crippen LogP contribution in [0.5, 0.6) is 0 Å². The molecular formula is C27H35FN6O2S. The molecule has 8 nitrogen and oxygen atoms in total. The summed E-state index contributed by atoms with van der Waals surface area (Å²) < 4.78 is 37.9. The van der Waals surface area contributed by atoms with Crippen LogP contribution in [0.2, 0.25) is 0 Å². The van der Waals surface area contributed by atoms with Gasteiger partial charge in [-0.05, 0) is 60.7 Å². The monoisotopic (exact) mass is 526 g/mol. The number of hydrogen-bond acceptors (Lipinski definition) is 8. The van der Waals surface area contributed by atoms with E-state index in [1.165, 1.54) is 11.8 Å². The van der Waals surface area contributed by atoms with Crippen molar-refractivity contribution >= 4 is 43.9 Å². The highest BCUT2D eigenvalue weighted by molar-refractivity contribution is 7.91. The van der Waals surface area contributed by atoms with Gasteiger partial charge in [-0.15, -0.1) is 0 Å². The highest BCUT2D eigenvalue weighted by atomic mass is 32.2. The second kappa shape index (κ2) is 10.4. The molecule has 2 saturated heterocycles. The number of fused-ring (bicyclic) bond motifs is 1. The molecule has 3 aromatic rings. The normalized spacial score (nSPS) is 19.5. The molecular weight excluding hydrogens is 491 g/mol. The number of pyridine rings is 1. The number of aromatic nitrogens is 3. The van der Waals surface area contributed by atoms with Crippen LogP contribution in [0.25, 0.3) is 10.8 Å². The topological polar surface area (TPSA) is 91.3 Å². The van der Waals surface area contributed by atoms with Crippen molar-refractivity contribution in [1.29, 1.82) is 0 Å². The Bertz CT molecular complexity index is 1370. The molecule has 2 aliphatic rings. The van der Waals surface area contributed by atoms with Gasteiger partial charge in [0.15, 0.2) is 0 Å². The van der Waals surface area contributed by atoms with Gasteiger partial charge in [0.25, 0.3) is 0 Å². The molecule has 1 aromatic carbocycles. The van der Waals surface area contributed by atoms with E-state index in [0.717, 1.165) is 29.4 Å². The molecule has 2 aromatic heterocycles. The van der Waals surface area contributed by atoms with Gasteiger partial charge in [0.1, 0.15) is 27.6 Å². The SMILES string of the molecule is CC(C)c1ccc(N2CCC(S(C)(=O)=O)CC2)c2cnc(Nc3ccnc(N4CCC[C@@H](F)C4)n3)cc12. The lowest BCUT2D eigenvalue weighted by atomic mass is 9.95. The van der Waals surface area contributed by atoms with Crippen molar-refractivity contribution in [3.63, 3.8) is 0 Å². The zero-order valence-corrected chi connectivity index (χ0v) is 22.5. The molecule has 37 heavy (non-hydrogen) atoms. The summed E-state index contributed by atoms with van der Waals surface area (Å²) in [6.45, 7) is 6.82. The standard InChI is InChI=1S/C27H35FN6O2S/c1-18(2)21-6-7-24(33-13-9-20(10-14-33)37(3,35)36)23-16-30-26(15-22(21)23)31-25-8-11-29-27(32-25)34-12-4-5-19(28)17-34/h6-8,11,15-16,18-20H,4-5,9-10,12-14,17H2,1-3H3,(H,29,30,31,32)/t19-/m1/s1. The highest BCUT2D eigenvalue weighted by Gasteiger charge is 2.28. The number of alkyl halides is 1. The number of hydrogen-bond donors (Lipinski definition) is 1. The Labute approximate surface area is 218 Å². The molecule has 4 heterocycles. The third kappa shape index (κ3) is 5.63. The van der Waals surface area contributed by atoms with Crippen LogP contribution in [-0.4, -0.2) is 67.2 Å². The molecule has 0 bridgehead atoms. The van der Waals surface area contributed by atoms with E-state index in [2.05, 4.69) is 52.2 Å². The third-order valence-electron chi connectivity index (χ3n) is 7.47. The van der Waals surface area contributed by atoms with Crippen LogP contribution in [0, 0.1) is 0 Å². The Morgan fingerprint density at radius 2 is 1.78 bits per heavy atom. The van der Waals surface area contributed by atoms with Gasteiger partial charge in [0, 0.05) is 49.4 Å². The molecule has 1 atom stereocenters. The fraction of sp³-hybridized carbons (Fsp3) is 0.519. The summed E-state index contributed by atoms with van der Waals surface area (Å²) in [6, 6.07) is 8.15. The summed E-state index contributed by atoms with van der Waals surface area (Å²) in [7, 11) is -3.02. The van der Waals surface area contributed by atoms with Gasteiger partial charge in [0.2, 0.25) is 5.95 Å². The van der Waals surface area contributed by atoms with Crippen LogP contribution >= 0.6 is 0 Å². The van der Waals surface area contributed by atoms with Gasteiger partial charge < -0.3 is 15.1 Å². The molecule has 0 radical (unpaired) electrons. The number of piperidine rings is 2. The minimum absolute atomic E-state index is 0.266. The minimum atomic E-state index is -3.02. The maximum absolute atomic E-state index is 13.9. The van der Waals surface area contributed by atoms with E-state index in [1.807, 2.05) is 11.1 Å². The number of anilines is 4. The van der Waals surface area contributed by atoms with E-state index >= 15 is 0 Å². The van der Waals surface area contributed by atoms with Crippen LogP contribution in [-0.2, 0) is 9.84 Å². The Morgan fingerprint density at radius 1 is 1.00 bits per heavy atom. The fourth-order valence-corrected chi connectivity index (χ4v) is 6.49. The van der Waals surface area contributed by atoms with E-state index in [4.69, 9.17) is 4.98 Å². The first-order valence-electron chi connectivity index (χ1n) is 13.0. The van der Waals surface area contributed by atoms with E-state index in [9.17, 15) is 12.8 Å². The van der Waals surface area contributed by atoms with Crippen molar-refractivity contribution in [3.05, 3.63) is 42.2 Å². The molecule has 5 rings (SSSR count). The molecule has 2 aliphatic heterocycles. The first-order valence-corrected chi connectivity index (χ1v) is 15.0. The molecule has 10 heteroatoms. The van der Waals surface area contributed by atoms with E-state index < -0.39 is 16.0 Å². The van der Waals surface area contributed by atoms with Crippen LogP contribution in [0.1, 0.15) is 51.0 Å². The van der Waals surface area contributed by atoms with Gasteiger partial charge in [0.05, 0.1) is 11.8 Å². The number of nitrogens with one attached hydrogen (secondary N) is 1. The van der Waals surface area contributed by atoms with Crippen LogP contribution in [0.15, 0.2) is 36.7 Å². The molecule has 0 saturated carbocycles. The van der Waals surface area contributed by atoms with Gasteiger partial charge in [-0.1, -0.05) is 19.9 Å². The second-order valence-electron chi connectivity index (χ2n) is 10.5. The summed E-state index contributed by atoms with van der Waals surface area (Å²) in [5, 5.41) is 5.21. The van der Waals surface area contributed by atoms with Crippen LogP contribution in [0.3, 0.4) is 0 Å². The van der Waals surface area contributed by atoms with Crippen molar-refractivity contribution in [1.82, 2.24) is 15.0 Å². The Kier molecular flexibility index (Phi) is 7.20. The Morgan fingerprint density at radius 3 is 2.49 bits per heavy atom. The first-order chi connectivity index (χ1) is 17.7. The Hall–Kier alpha value is -3.01. The molecule has 0 unspecified atom stereocenters. The molecule has 0 aliphatic carbocycles. The van der Waals surface area contributed by atoms with Crippen molar-refractivity contribution in [2.24, 2.45) is 0 Å². The maximum Gasteiger partial charge on any atom is 0.227 e. The highest BCUT2D eigenvalue weighted by Crippen LogP contribution is 2.36. The lowest BCUT2D eigenvalue weighted by Gasteiger charge is -2.34. The summed E-state index contributed by atoms with van der Waals surface area (Å²) in [4.78, 5) is 17.8. The minimum Gasteiger partial charge on any atom is -0.371 e. The van der Waals surface area contributed by atoms with Crippen molar-refractivity contribution < 1.29 is 12.8 Å². The van der Waals surface area contributed by atoms with E-state index in [1.54, 1.807) is 12.3 Å². The number of benzene rings is 1. The summed E-state index contributed by atoms with van der Waals surface area (Å²) in [5.41, 5.74) is 2.31. The quantitative estimate of drug-likeness (QED) is 0.488. The third-order valence-corrected chi connectivity index (χ3v) is 9.15. The fourth-order valence-electron chi connectivity index (χ4n) is 5.43. The zero-order valence-electron chi connectivity index (χ0n) is 21.7. The number of rotatable bonds is 6. The number of nitrogens with zero attached hydrogens (tertiary/aromatic N) is 5. The summed E-state index contributed by atoms with van der Waals surface area (Å²) in [6.07, 6.45) is 6.71. The van der Waals surface area contributed by atoms with Crippen molar-refractivity contribution in [2.45, 2.75) is 56.9 Å². The molecule has 0 amide bonds. The van der Waals surface area contributed by atoms with Gasteiger partial charge in [-0.25, -0.2) is 22.8 Å². The smallest absolute Gasteiger partial charge is 0.227 e. The van der Waals surface area contributed by atoms with E-state index in [0.29, 0.717) is 62.4 Å². The molecule has 0 spiro atoms. The molecule has 1 N–H and O–H groups in total. The van der Waals surface area contributed by atoms with Crippen molar-refractivity contribution in [2.75, 3.05) is 47.6 Å². The first kappa shape index (κ1) is 25.6. The zero-order chi connectivity index (χ0) is 26.2. The number of sulfone groups is 1. The average Bonchev–Trinajstić information content (AvgIpc) is 2.87. The van der Waals surface area contributed by atoms with Gasteiger partial charge >= 0.3 is 0 Å². The lowest BCUT2D eigenvalue weighted by Crippen LogP contribution is -2.39. The van der Waals surface area contributed by atoms with E-state index in [-0.39, 0.29) is 5.25 Å². The largest absolute Gasteiger partial charge is 0.371 e.